The number of aliphatic hydroxyl groups is 1. The van der Waals surface area contributed by atoms with Crippen LogP contribution < -0.4 is 0 Å². The highest BCUT2D eigenvalue weighted by molar-refractivity contribution is 7.47. The molecule has 0 aliphatic rings. The molecule has 86 heavy (non-hydrogen) atoms. The summed E-state index contributed by atoms with van der Waals surface area (Å²) in [6, 6.07) is 0. The molecule has 0 saturated heterocycles. The smallest absolute Gasteiger partial charge is 0.462 e. The Morgan fingerprint density at radius 1 is 0.326 bits per heavy atom. The molecule has 0 fully saturated rings. The summed E-state index contributed by atoms with van der Waals surface area (Å²) in [5.41, 5.74) is 0. The van der Waals surface area contributed by atoms with Crippen LogP contribution in [0.15, 0.2) is 0 Å². The first-order chi connectivity index (χ1) is 41.2. The van der Waals surface area contributed by atoms with E-state index in [-0.39, 0.29) is 25.7 Å². The Hall–Kier alpha value is -1.94. The lowest BCUT2D eigenvalue weighted by molar-refractivity contribution is -0.161. The lowest BCUT2D eigenvalue weighted by Gasteiger charge is -2.21. The maximum Gasteiger partial charge on any atom is 0.472 e. The van der Waals surface area contributed by atoms with E-state index in [1.54, 1.807) is 0 Å². The third kappa shape index (κ3) is 58.4. The van der Waals surface area contributed by atoms with Crippen LogP contribution in [0.4, 0.5) is 0 Å². The molecular weight excluding hydrogens is 1140 g/mol. The molecule has 0 heterocycles. The number of phosphoric ester groups is 2. The Morgan fingerprint density at radius 2 is 0.558 bits per heavy atom. The van der Waals surface area contributed by atoms with Crippen LogP contribution in [0.5, 0.6) is 0 Å². The molecular formula is C67H130O17P2. The Balaban J connectivity index is 5.26. The number of hydrogen-bond donors (Lipinski definition) is 3. The fourth-order valence-corrected chi connectivity index (χ4v) is 11.5. The van der Waals surface area contributed by atoms with E-state index in [1.165, 1.54) is 122 Å². The van der Waals surface area contributed by atoms with Gasteiger partial charge in [-0.2, -0.15) is 0 Å². The predicted octanol–water partition coefficient (Wildman–Crippen LogP) is 18.5. The first-order valence-electron chi connectivity index (χ1n) is 34.8. The van der Waals surface area contributed by atoms with Crippen molar-refractivity contribution in [3.8, 4) is 0 Å². The molecule has 0 bridgehead atoms. The lowest BCUT2D eigenvalue weighted by atomic mass is 9.99. The topological polar surface area (TPSA) is 237 Å². The van der Waals surface area contributed by atoms with Gasteiger partial charge in [0.25, 0.3) is 0 Å². The first kappa shape index (κ1) is 84.1. The molecule has 0 radical (unpaired) electrons. The number of rotatable bonds is 64. The number of aliphatic hydroxyl groups excluding tert-OH is 1. The largest absolute Gasteiger partial charge is 0.472 e. The van der Waals surface area contributed by atoms with Gasteiger partial charge in [-0.05, 0) is 49.4 Å². The molecule has 0 aromatic rings. The van der Waals surface area contributed by atoms with Gasteiger partial charge in [0.05, 0.1) is 26.4 Å². The first-order valence-corrected chi connectivity index (χ1v) is 37.8. The molecule has 0 aromatic heterocycles. The Labute approximate surface area is 524 Å². The molecule has 17 nitrogen and oxygen atoms in total. The van der Waals surface area contributed by atoms with E-state index in [4.69, 9.17) is 37.0 Å². The average molecular weight is 1270 g/mol. The number of carbonyl (C=O) groups is 4. The van der Waals surface area contributed by atoms with Gasteiger partial charge < -0.3 is 33.8 Å². The predicted molar refractivity (Wildman–Crippen MR) is 344 cm³/mol. The van der Waals surface area contributed by atoms with Gasteiger partial charge in [-0.15, -0.1) is 0 Å². The summed E-state index contributed by atoms with van der Waals surface area (Å²) in [6.07, 6.45) is 37.6. The second kappa shape index (κ2) is 57.0. The SMILES string of the molecule is CCC(C)CCCCCCCCCCC(=O)OC[C@H](COP(=O)(O)OCC(O)COP(=O)(O)OC[C@@H](COC(=O)CCCCCCCCCC(C)C)OC(=O)CCCCCCCCCCCCCC(C)C)OC(=O)CCCCCCCCC(C)CC. The van der Waals surface area contributed by atoms with Crippen LogP contribution in [0, 0.1) is 23.7 Å². The Kier molecular flexibility index (Phi) is 55.7. The Bertz CT molecular complexity index is 1720. The van der Waals surface area contributed by atoms with Gasteiger partial charge in [-0.1, -0.05) is 274 Å². The molecule has 0 rings (SSSR count). The number of phosphoric acid groups is 2. The summed E-state index contributed by atoms with van der Waals surface area (Å²) >= 11 is 0. The van der Waals surface area contributed by atoms with Crippen molar-refractivity contribution in [3.63, 3.8) is 0 Å². The minimum atomic E-state index is -4.95. The van der Waals surface area contributed by atoms with Crippen molar-refractivity contribution in [1.29, 1.82) is 0 Å². The molecule has 0 spiro atoms. The quantitative estimate of drug-likeness (QED) is 0.0222. The summed E-state index contributed by atoms with van der Waals surface area (Å²) in [6.45, 7) is 14.0. The van der Waals surface area contributed by atoms with Crippen LogP contribution in [0.1, 0.15) is 325 Å². The van der Waals surface area contributed by atoms with Gasteiger partial charge in [0, 0.05) is 25.7 Å². The van der Waals surface area contributed by atoms with E-state index in [2.05, 4.69) is 55.4 Å². The summed E-state index contributed by atoms with van der Waals surface area (Å²) in [4.78, 5) is 72.4. The van der Waals surface area contributed by atoms with E-state index >= 15 is 0 Å². The third-order valence-corrected chi connectivity index (χ3v) is 17.9. The molecule has 510 valence electrons. The van der Waals surface area contributed by atoms with Gasteiger partial charge in [-0.25, -0.2) is 9.13 Å². The van der Waals surface area contributed by atoms with Crippen LogP contribution in [-0.2, 0) is 65.4 Å². The van der Waals surface area contributed by atoms with Gasteiger partial charge in [-0.3, -0.25) is 37.3 Å². The lowest BCUT2D eigenvalue weighted by Crippen LogP contribution is -2.30. The molecule has 19 heteroatoms. The van der Waals surface area contributed by atoms with Crippen molar-refractivity contribution in [2.24, 2.45) is 23.7 Å². The van der Waals surface area contributed by atoms with Gasteiger partial charge in [0.2, 0.25) is 0 Å². The highest BCUT2D eigenvalue weighted by Crippen LogP contribution is 2.45. The standard InChI is InChI=1S/C67H130O17P2/c1-9-59(7)45-37-29-21-16-17-22-31-39-47-64(69)77-54-63(84-67(72)50-42-34-26-25-30-38-46-60(8)10-2)56-82-86(75,76)80-52-61(68)51-79-85(73,74)81-55-62(53-78-65(70)48-40-32-24-18-20-28-36-44-58(5)6)83-66(71)49-41-33-23-15-13-11-12-14-19-27-35-43-57(3)4/h57-63,68H,9-56H2,1-8H3,(H,73,74)(H,75,76)/t59?,60?,61?,62-,63-/m1/s1. The van der Waals surface area contributed by atoms with E-state index in [9.17, 15) is 43.2 Å². The summed E-state index contributed by atoms with van der Waals surface area (Å²) in [7, 11) is -9.90. The van der Waals surface area contributed by atoms with E-state index < -0.39 is 97.5 Å². The van der Waals surface area contributed by atoms with Crippen LogP contribution in [-0.4, -0.2) is 96.7 Å². The van der Waals surface area contributed by atoms with Crippen molar-refractivity contribution < 1.29 is 80.2 Å². The van der Waals surface area contributed by atoms with Crippen molar-refractivity contribution in [2.75, 3.05) is 39.6 Å². The summed E-state index contributed by atoms with van der Waals surface area (Å²) < 4.78 is 68.1. The molecule has 3 N–H and O–H groups in total. The highest BCUT2D eigenvalue weighted by Gasteiger charge is 2.30. The monoisotopic (exact) mass is 1270 g/mol. The molecule has 0 aromatic carbocycles. The third-order valence-electron chi connectivity index (χ3n) is 16.0. The number of unbranched alkanes of at least 4 members (excludes halogenated alkanes) is 28. The van der Waals surface area contributed by atoms with Crippen LogP contribution in [0.3, 0.4) is 0 Å². The van der Waals surface area contributed by atoms with Gasteiger partial charge in [0.1, 0.15) is 19.3 Å². The fraction of sp³-hybridized carbons (Fsp3) is 0.940. The maximum atomic E-state index is 13.0. The minimum Gasteiger partial charge on any atom is -0.462 e. The molecule has 0 saturated carbocycles. The normalized spacial score (nSPS) is 15.0. The Morgan fingerprint density at radius 3 is 0.826 bits per heavy atom. The van der Waals surface area contributed by atoms with E-state index in [0.29, 0.717) is 31.6 Å². The van der Waals surface area contributed by atoms with E-state index in [0.717, 1.165) is 114 Å². The molecule has 5 unspecified atom stereocenters. The van der Waals surface area contributed by atoms with Crippen molar-refractivity contribution >= 4 is 39.5 Å². The number of hydrogen-bond acceptors (Lipinski definition) is 15. The molecule has 0 aliphatic carbocycles. The molecule has 0 aliphatic heterocycles. The maximum absolute atomic E-state index is 13.0. The number of ether oxygens (including phenoxy) is 4. The van der Waals surface area contributed by atoms with Crippen molar-refractivity contribution in [2.45, 2.75) is 343 Å². The molecule has 0 amide bonds. The second-order valence-electron chi connectivity index (χ2n) is 25.6. The minimum absolute atomic E-state index is 0.102. The highest BCUT2D eigenvalue weighted by atomic mass is 31.2. The number of esters is 4. The fourth-order valence-electron chi connectivity index (χ4n) is 9.89. The van der Waals surface area contributed by atoms with Crippen LogP contribution in [0.25, 0.3) is 0 Å². The van der Waals surface area contributed by atoms with Crippen LogP contribution in [0.2, 0.25) is 0 Å². The zero-order valence-corrected chi connectivity index (χ0v) is 57.7. The number of carbonyl (C=O) groups excluding carboxylic acids is 4. The second-order valence-corrected chi connectivity index (χ2v) is 28.6. The van der Waals surface area contributed by atoms with Gasteiger partial charge in [0.15, 0.2) is 12.2 Å². The summed E-state index contributed by atoms with van der Waals surface area (Å²) in [5.74, 6) is 0.831. The van der Waals surface area contributed by atoms with Crippen LogP contribution >= 0.6 is 15.6 Å². The van der Waals surface area contributed by atoms with Crippen molar-refractivity contribution in [3.05, 3.63) is 0 Å². The van der Waals surface area contributed by atoms with Gasteiger partial charge >= 0.3 is 39.5 Å². The molecule has 7 atom stereocenters. The van der Waals surface area contributed by atoms with E-state index in [1.807, 2.05) is 0 Å². The summed E-state index contributed by atoms with van der Waals surface area (Å²) in [5, 5.41) is 10.6. The van der Waals surface area contributed by atoms with Crippen molar-refractivity contribution in [1.82, 2.24) is 0 Å². The zero-order valence-electron chi connectivity index (χ0n) is 55.9. The zero-order chi connectivity index (χ0) is 63.9. The average Bonchev–Trinajstić information content (AvgIpc) is 3.69.